The van der Waals surface area contributed by atoms with Gasteiger partial charge >= 0.3 is 5.97 Å². The minimum absolute atomic E-state index is 0.0240. The average Bonchev–Trinajstić information content (AvgIpc) is 2.53. The number of ketones is 1. The number of carboxylic acids is 1. The Morgan fingerprint density at radius 1 is 1.08 bits per heavy atom. The lowest BCUT2D eigenvalue weighted by Gasteiger charge is -2.09. The van der Waals surface area contributed by atoms with Gasteiger partial charge in [-0.2, -0.15) is 0 Å². The lowest BCUT2D eigenvalue weighted by atomic mass is 10.1. The molecule has 0 atom stereocenters. The Bertz CT molecular complexity index is 887. The van der Waals surface area contributed by atoms with Crippen LogP contribution < -0.4 is 4.72 Å². The van der Waals surface area contributed by atoms with Gasteiger partial charge in [0, 0.05) is 12.1 Å². The molecule has 0 aliphatic heterocycles. The molecule has 0 radical (unpaired) electrons. The van der Waals surface area contributed by atoms with E-state index in [4.69, 9.17) is 5.11 Å². The van der Waals surface area contributed by atoms with E-state index in [0.717, 1.165) is 18.2 Å². The molecule has 0 bridgehead atoms. The molecule has 0 spiro atoms. The fourth-order valence-corrected chi connectivity index (χ4v) is 3.02. The molecule has 0 unspecified atom stereocenters. The zero-order valence-corrected chi connectivity index (χ0v) is 13.5. The molecule has 2 aromatic carbocycles. The first-order valence-corrected chi connectivity index (χ1v) is 8.35. The largest absolute Gasteiger partial charge is 0.507 e. The summed E-state index contributed by atoms with van der Waals surface area (Å²) in [7, 11) is -3.95. The summed E-state index contributed by atoms with van der Waals surface area (Å²) in [6.07, 6.45) is 0. The van der Waals surface area contributed by atoms with E-state index in [-0.39, 0.29) is 17.2 Å². The third-order valence-electron chi connectivity index (χ3n) is 3.34. The summed E-state index contributed by atoms with van der Waals surface area (Å²) in [5.74, 6) is -2.03. The maximum atomic E-state index is 12.2. The summed E-state index contributed by atoms with van der Waals surface area (Å²) in [6.45, 7) is 1.41. The van der Waals surface area contributed by atoms with Gasteiger partial charge in [0.25, 0.3) is 0 Å². The highest BCUT2D eigenvalue weighted by Gasteiger charge is 2.18. The van der Waals surface area contributed by atoms with E-state index >= 15 is 0 Å². The molecule has 0 aromatic heterocycles. The van der Waals surface area contributed by atoms with E-state index in [0.29, 0.717) is 11.1 Å². The molecule has 24 heavy (non-hydrogen) atoms. The molecule has 0 saturated heterocycles. The van der Waals surface area contributed by atoms with Crippen LogP contribution in [0.25, 0.3) is 0 Å². The predicted molar refractivity (Wildman–Crippen MR) is 85.5 cm³/mol. The van der Waals surface area contributed by atoms with Crippen molar-refractivity contribution in [3.05, 3.63) is 59.2 Å². The fourth-order valence-electron chi connectivity index (χ4n) is 1.97. The summed E-state index contributed by atoms with van der Waals surface area (Å²) < 4.78 is 26.8. The molecule has 0 heterocycles. The number of nitrogens with one attached hydrogen (secondary N) is 1. The number of hydrogen-bond donors (Lipinski definition) is 3. The first kappa shape index (κ1) is 17.6. The SMILES string of the molecule is CC(=O)c1ccc(CNS(=O)(=O)c2ccc(O)c(C(=O)O)c2)cc1. The van der Waals surface area contributed by atoms with Gasteiger partial charge in [0.15, 0.2) is 5.78 Å². The van der Waals surface area contributed by atoms with Crippen LogP contribution in [0.4, 0.5) is 0 Å². The van der Waals surface area contributed by atoms with Gasteiger partial charge in [-0.1, -0.05) is 24.3 Å². The number of carboxylic acid groups (broad SMARTS) is 1. The smallest absolute Gasteiger partial charge is 0.339 e. The highest BCUT2D eigenvalue weighted by Crippen LogP contribution is 2.21. The Hall–Kier alpha value is -2.71. The van der Waals surface area contributed by atoms with Crippen molar-refractivity contribution in [2.24, 2.45) is 0 Å². The van der Waals surface area contributed by atoms with E-state index in [9.17, 15) is 23.1 Å². The van der Waals surface area contributed by atoms with Gasteiger partial charge in [0.1, 0.15) is 11.3 Å². The van der Waals surface area contributed by atoms with Crippen molar-refractivity contribution in [3.8, 4) is 5.75 Å². The first-order valence-electron chi connectivity index (χ1n) is 6.86. The molecule has 0 saturated carbocycles. The molecular weight excluding hydrogens is 334 g/mol. The number of aromatic carboxylic acids is 1. The Kier molecular flexibility index (Phi) is 5.01. The maximum Gasteiger partial charge on any atom is 0.339 e. The second kappa shape index (κ2) is 6.81. The predicted octanol–water partition coefficient (Wildman–Crippen LogP) is 1.77. The Balaban J connectivity index is 2.18. The normalized spacial score (nSPS) is 11.2. The Morgan fingerprint density at radius 2 is 1.71 bits per heavy atom. The number of aromatic hydroxyl groups is 1. The molecule has 8 heteroatoms. The third-order valence-corrected chi connectivity index (χ3v) is 4.73. The van der Waals surface area contributed by atoms with E-state index in [2.05, 4.69) is 4.72 Å². The van der Waals surface area contributed by atoms with Crippen molar-refractivity contribution in [2.75, 3.05) is 0 Å². The van der Waals surface area contributed by atoms with Crippen LogP contribution in [0.1, 0.15) is 33.2 Å². The van der Waals surface area contributed by atoms with Crippen LogP contribution >= 0.6 is 0 Å². The van der Waals surface area contributed by atoms with Crippen molar-refractivity contribution in [1.29, 1.82) is 0 Å². The van der Waals surface area contributed by atoms with Gasteiger partial charge in [0.2, 0.25) is 10.0 Å². The van der Waals surface area contributed by atoms with Crippen LogP contribution in [0.3, 0.4) is 0 Å². The van der Waals surface area contributed by atoms with Gasteiger partial charge < -0.3 is 10.2 Å². The zero-order valence-electron chi connectivity index (χ0n) is 12.7. The lowest BCUT2D eigenvalue weighted by Crippen LogP contribution is -2.23. The molecule has 2 aromatic rings. The zero-order chi connectivity index (χ0) is 17.9. The summed E-state index contributed by atoms with van der Waals surface area (Å²) >= 11 is 0. The van der Waals surface area contributed by atoms with E-state index in [1.807, 2.05) is 0 Å². The second-order valence-corrected chi connectivity index (χ2v) is 6.83. The number of Topliss-reactive ketones (excluding diaryl/α,β-unsaturated/α-hetero) is 1. The van der Waals surface area contributed by atoms with E-state index in [1.54, 1.807) is 24.3 Å². The topological polar surface area (TPSA) is 121 Å². The molecule has 2 rings (SSSR count). The molecule has 0 aliphatic rings. The lowest BCUT2D eigenvalue weighted by molar-refractivity contribution is 0.0693. The Labute approximate surface area is 138 Å². The van der Waals surface area contributed by atoms with Crippen LogP contribution in [0.5, 0.6) is 5.75 Å². The number of carbonyl (C=O) groups is 2. The monoisotopic (exact) mass is 349 g/mol. The second-order valence-electron chi connectivity index (χ2n) is 5.06. The quantitative estimate of drug-likeness (QED) is 0.684. The van der Waals surface area contributed by atoms with Crippen molar-refractivity contribution < 1.29 is 28.2 Å². The van der Waals surface area contributed by atoms with Crippen molar-refractivity contribution in [3.63, 3.8) is 0 Å². The minimum atomic E-state index is -3.95. The van der Waals surface area contributed by atoms with Crippen LogP contribution in [-0.4, -0.2) is 30.4 Å². The number of benzene rings is 2. The summed E-state index contributed by atoms with van der Waals surface area (Å²) in [4.78, 5) is 21.9. The van der Waals surface area contributed by atoms with Crippen molar-refractivity contribution in [1.82, 2.24) is 4.72 Å². The summed E-state index contributed by atoms with van der Waals surface area (Å²) in [5, 5.41) is 18.4. The highest BCUT2D eigenvalue weighted by molar-refractivity contribution is 7.89. The van der Waals surface area contributed by atoms with Crippen LogP contribution in [0.2, 0.25) is 0 Å². The summed E-state index contributed by atoms with van der Waals surface area (Å²) in [6, 6.07) is 9.45. The van der Waals surface area contributed by atoms with Crippen molar-refractivity contribution in [2.45, 2.75) is 18.4 Å². The van der Waals surface area contributed by atoms with Gasteiger partial charge in [0.05, 0.1) is 4.90 Å². The highest BCUT2D eigenvalue weighted by atomic mass is 32.2. The minimum Gasteiger partial charge on any atom is -0.507 e. The number of carbonyl (C=O) groups excluding carboxylic acids is 1. The molecule has 0 fully saturated rings. The average molecular weight is 349 g/mol. The van der Waals surface area contributed by atoms with E-state index in [1.165, 1.54) is 6.92 Å². The van der Waals surface area contributed by atoms with Crippen LogP contribution in [0, 0.1) is 0 Å². The number of phenols is 1. The fraction of sp³-hybridized carbons (Fsp3) is 0.125. The van der Waals surface area contributed by atoms with Crippen molar-refractivity contribution >= 4 is 21.8 Å². The molecule has 126 valence electrons. The number of rotatable bonds is 6. The van der Waals surface area contributed by atoms with Gasteiger partial charge in [-0.25, -0.2) is 17.9 Å². The number of hydrogen-bond acceptors (Lipinski definition) is 5. The Morgan fingerprint density at radius 3 is 2.25 bits per heavy atom. The first-order chi connectivity index (χ1) is 11.2. The third kappa shape index (κ3) is 3.98. The van der Waals surface area contributed by atoms with Gasteiger partial charge in [-0.3, -0.25) is 4.79 Å². The van der Waals surface area contributed by atoms with Crippen LogP contribution in [0.15, 0.2) is 47.4 Å². The molecule has 0 aliphatic carbocycles. The van der Waals surface area contributed by atoms with E-state index < -0.39 is 27.3 Å². The molecule has 3 N–H and O–H groups in total. The molecule has 7 nitrogen and oxygen atoms in total. The standard InChI is InChI=1S/C16H15NO6S/c1-10(18)12-4-2-11(3-5-12)9-17-24(22,23)13-6-7-15(19)14(8-13)16(20)21/h2-8,17,19H,9H2,1H3,(H,20,21). The maximum absolute atomic E-state index is 12.2. The number of sulfonamides is 1. The van der Waals surface area contributed by atoms with Crippen LogP contribution in [-0.2, 0) is 16.6 Å². The molecular formula is C16H15NO6S. The molecule has 0 amide bonds. The van der Waals surface area contributed by atoms with Gasteiger partial charge in [-0.15, -0.1) is 0 Å². The van der Waals surface area contributed by atoms with Gasteiger partial charge in [-0.05, 0) is 30.7 Å². The summed E-state index contributed by atoms with van der Waals surface area (Å²) in [5.41, 5.74) is 0.663.